The molecule has 1 aliphatic heterocycles. The summed E-state index contributed by atoms with van der Waals surface area (Å²) in [5, 5.41) is 2.60. The number of alkyl halides is 3. The summed E-state index contributed by atoms with van der Waals surface area (Å²) >= 11 is 6.04. The molecule has 0 spiro atoms. The van der Waals surface area contributed by atoms with Gasteiger partial charge in [0.25, 0.3) is 0 Å². The minimum absolute atomic E-state index is 0.00161. The van der Waals surface area contributed by atoms with Crippen molar-refractivity contribution in [2.45, 2.75) is 23.9 Å². The number of nitrogens with zero attached hydrogens (tertiary/aromatic N) is 1. The predicted octanol–water partition coefficient (Wildman–Crippen LogP) is 4.41. The summed E-state index contributed by atoms with van der Waals surface area (Å²) in [4.78, 5) is 12.6. The van der Waals surface area contributed by atoms with E-state index in [0.29, 0.717) is 18.6 Å². The van der Waals surface area contributed by atoms with Crippen molar-refractivity contribution in [2.24, 2.45) is 5.92 Å². The fourth-order valence-corrected chi connectivity index (χ4v) is 5.22. The van der Waals surface area contributed by atoms with Gasteiger partial charge in [-0.1, -0.05) is 17.7 Å². The number of hydrogen-bond acceptors (Lipinski definition) is 4. The van der Waals surface area contributed by atoms with E-state index in [0.717, 1.165) is 12.1 Å². The van der Waals surface area contributed by atoms with Crippen molar-refractivity contribution in [3.8, 4) is 5.75 Å². The van der Waals surface area contributed by atoms with Gasteiger partial charge in [0, 0.05) is 18.8 Å². The molecule has 1 aliphatic rings. The second-order valence-electron chi connectivity index (χ2n) is 7.07. The first-order chi connectivity index (χ1) is 14.5. The highest BCUT2D eigenvalue weighted by atomic mass is 35.5. The van der Waals surface area contributed by atoms with Crippen molar-refractivity contribution >= 4 is 33.2 Å². The summed E-state index contributed by atoms with van der Waals surface area (Å²) in [7, 11) is -2.50. The lowest BCUT2D eigenvalue weighted by Crippen LogP contribution is -2.43. The first-order valence-corrected chi connectivity index (χ1v) is 11.2. The Bertz CT molecular complexity index is 1080. The molecule has 0 bridgehead atoms. The molecule has 1 N–H and O–H groups in total. The normalized spacial score (nSPS) is 17.9. The number of amides is 1. The number of methoxy groups -OCH3 is 1. The van der Waals surface area contributed by atoms with E-state index in [2.05, 4.69) is 5.32 Å². The van der Waals surface area contributed by atoms with Crippen molar-refractivity contribution in [3.63, 3.8) is 0 Å². The highest BCUT2D eigenvalue weighted by Gasteiger charge is 2.34. The number of nitrogens with one attached hydrogen (secondary N) is 1. The Morgan fingerprint density at radius 3 is 2.61 bits per heavy atom. The van der Waals surface area contributed by atoms with E-state index >= 15 is 0 Å². The van der Waals surface area contributed by atoms with E-state index in [-0.39, 0.29) is 28.7 Å². The van der Waals surface area contributed by atoms with Gasteiger partial charge in [-0.25, -0.2) is 8.42 Å². The molecule has 0 radical (unpaired) electrons. The van der Waals surface area contributed by atoms with E-state index in [1.807, 2.05) is 0 Å². The third-order valence-corrected chi connectivity index (χ3v) is 7.13. The molecule has 31 heavy (non-hydrogen) atoms. The molecule has 1 amide bonds. The number of carbonyl (C=O) groups is 1. The Kier molecular flexibility index (Phi) is 6.82. The van der Waals surface area contributed by atoms with Crippen LogP contribution in [0.3, 0.4) is 0 Å². The lowest BCUT2D eigenvalue weighted by Gasteiger charge is -2.31. The molecular formula is C20H20ClF3N2O4S. The number of piperidine rings is 1. The van der Waals surface area contributed by atoms with Crippen LogP contribution < -0.4 is 10.1 Å². The third-order valence-electron chi connectivity index (χ3n) is 4.97. The van der Waals surface area contributed by atoms with Crippen LogP contribution in [0.2, 0.25) is 5.02 Å². The maximum Gasteiger partial charge on any atom is 0.416 e. The molecule has 2 aromatic carbocycles. The molecule has 0 unspecified atom stereocenters. The van der Waals surface area contributed by atoms with E-state index in [1.165, 1.54) is 41.7 Å². The second-order valence-corrected chi connectivity index (χ2v) is 9.41. The first-order valence-electron chi connectivity index (χ1n) is 9.34. The number of halogens is 4. The molecule has 1 atom stereocenters. The molecule has 2 aromatic rings. The van der Waals surface area contributed by atoms with Crippen LogP contribution in [-0.2, 0) is 21.0 Å². The van der Waals surface area contributed by atoms with Gasteiger partial charge in [0.05, 0.1) is 28.5 Å². The Balaban J connectivity index is 1.74. The van der Waals surface area contributed by atoms with Crippen LogP contribution in [0.4, 0.5) is 18.9 Å². The number of rotatable bonds is 5. The molecule has 0 saturated carbocycles. The van der Waals surface area contributed by atoms with E-state index in [9.17, 15) is 26.4 Å². The quantitative estimate of drug-likeness (QED) is 0.693. The van der Waals surface area contributed by atoms with Crippen LogP contribution in [0.5, 0.6) is 5.75 Å². The van der Waals surface area contributed by atoms with Gasteiger partial charge in [-0.3, -0.25) is 4.79 Å². The molecule has 1 heterocycles. The third kappa shape index (κ3) is 5.31. The predicted molar refractivity (Wildman–Crippen MR) is 110 cm³/mol. The topological polar surface area (TPSA) is 75.7 Å². The zero-order chi connectivity index (χ0) is 22.8. The van der Waals surface area contributed by atoms with Crippen LogP contribution in [0.15, 0.2) is 47.4 Å². The molecule has 0 aliphatic carbocycles. The second kappa shape index (κ2) is 9.05. The maximum absolute atomic E-state index is 13.0. The maximum atomic E-state index is 13.0. The zero-order valence-corrected chi connectivity index (χ0v) is 18.0. The fourth-order valence-electron chi connectivity index (χ4n) is 3.35. The van der Waals surface area contributed by atoms with E-state index in [4.69, 9.17) is 16.3 Å². The highest BCUT2D eigenvalue weighted by Crippen LogP contribution is 2.32. The largest absolute Gasteiger partial charge is 0.495 e. The van der Waals surface area contributed by atoms with Crippen LogP contribution in [0.25, 0.3) is 0 Å². The van der Waals surface area contributed by atoms with Crippen LogP contribution >= 0.6 is 11.6 Å². The minimum Gasteiger partial charge on any atom is -0.495 e. The van der Waals surface area contributed by atoms with Crippen molar-refractivity contribution in [1.82, 2.24) is 4.31 Å². The van der Waals surface area contributed by atoms with Gasteiger partial charge >= 0.3 is 6.18 Å². The number of carbonyl (C=O) groups excluding carboxylic acids is 1. The number of hydrogen-bond donors (Lipinski definition) is 1. The highest BCUT2D eigenvalue weighted by molar-refractivity contribution is 7.89. The molecule has 168 valence electrons. The van der Waals surface area contributed by atoms with Crippen molar-refractivity contribution in [3.05, 3.63) is 53.1 Å². The zero-order valence-electron chi connectivity index (χ0n) is 16.4. The summed E-state index contributed by atoms with van der Waals surface area (Å²) in [6.07, 6.45) is -3.68. The standard InChI is InChI=1S/C20H20ClF3N2O4S/c1-30-18-8-7-16(11-17(18)21)31(28,29)26-9-3-4-13(12-26)19(27)25-15-6-2-5-14(10-15)20(22,23)24/h2,5-8,10-11,13H,3-4,9,12H2,1H3,(H,25,27)/t13-/m1/s1. The summed E-state index contributed by atoms with van der Waals surface area (Å²) < 4.78 is 70.8. The van der Waals surface area contributed by atoms with Gasteiger partial charge in [0.2, 0.25) is 15.9 Å². The molecule has 6 nitrogen and oxygen atoms in total. The van der Waals surface area contributed by atoms with Gasteiger partial charge in [-0.05, 0) is 49.2 Å². The molecule has 1 saturated heterocycles. The van der Waals surface area contributed by atoms with Crippen LogP contribution in [-0.4, -0.2) is 38.8 Å². The summed E-state index contributed by atoms with van der Waals surface area (Å²) in [5.74, 6) is -0.906. The van der Waals surface area contributed by atoms with Gasteiger partial charge in [-0.2, -0.15) is 17.5 Å². The number of ether oxygens (including phenoxy) is 1. The number of sulfonamides is 1. The van der Waals surface area contributed by atoms with Crippen molar-refractivity contribution < 1.29 is 31.1 Å². The monoisotopic (exact) mass is 476 g/mol. The van der Waals surface area contributed by atoms with Crippen molar-refractivity contribution in [2.75, 3.05) is 25.5 Å². The van der Waals surface area contributed by atoms with Crippen LogP contribution in [0.1, 0.15) is 18.4 Å². The van der Waals surface area contributed by atoms with Crippen LogP contribution in [0, 0.1) is 5.92 Å². The molecule has 0 aromatic heterocycles. The molecule has 11 heteroatoms. The summed E-state index contributed by atoms with van der Waals surface area (Å²) in [6, 6.07) is 8.39. The van der Waals surface area contributed by atoms with Gasteiger partial charge in [0.15, 0.2) is 0 Å². The van der Waals surface area contributed by atoms with E-state index in [1.54, 1.807) is 0 Å². The average Bonchev–Trinajstić information content (AvgIpc) is 2.73. The number of anilines is 1. The smallest absolute Gasteiger partial charge is 0.416 e. The lowest BCUT2D eigenvalue weighted by atomic mass is 9.98. The minimum atomic E-state index is -4.53. The Labute approximate surface area is 183 Å². The molecule has 3 rings (SSSR count). The number of benzene rings is 2. The Hall–Kier alpha value is -2.30. The molecular weight excluding hydrogens is 457 g/mol. The summed E-state index contributed by atoms with van der Waals surface area (Å²) in [5.41, 5.74) is -0.878. The Morgan fingerprint density at radius 2 is 1.97 bits per heavy atom. The average molecular weight is 477 g/mol. The Morgan fingerprint density at radius 1 is 1.23 bits per heavy atom. The van der Waals surface area contributed by atoms with Gasteiger partial charge < -0.3 is 10.1 Å². The van der Waals surface area contributed by atoms with Crippen molar-refractivity contribution in [1.29, 1.82) is 0 Å². The van der Waals surface area contributed by atoms with Gasteiger partial charge in [0.1, 0.15) is 5.75 Å². The SMILES string of the molecule is COc1ccc(S(=O)(=O)N2CCC[C@@H](C(=O)Nc3cccc(C(F)(F)F)c3)C2)cc1Cl. The molecule has 1 fully saturated rings. The lowest BCUT2D eigenvalue weighted by molar-refractivity contribution is -0.137. The van der Waals surface area contributed by atoms with E-state index < -0.39 is 33.6 Å². The summed E-state index contributed by atoms with van der Waals surface area (Å²) in [6.45, 7) is 0.135. The van der Waals surface area contributed by atoms with Gasteiger partial charge in [-0.15, -0.1) is 0 Å². The fraction of sp³-hybridized carbons (Fsp3) is 0.350. The first kappa shape index (κ1) is 23.4.